The molecule has 0 radical (unpaired) electrons. The molecule has 0 amide bonds. The lowest BCUT2D eigenvalue weighted by molar-refractivity contribution is -0.151. The summed E-state index contributed by atoms with van der Waals surface area (Å²) in [6, 6.07) is 9.90. The topological polar surface area (TPSA) is 49.7 Å². The van der Waals surface area contributed by atoms with Crippen molar-refractivity contribution < 1.29 is 14.9 Å². The van der Waals surface area contributed by atoms with Crippen molar-refractivity contribution in [3.63, 3.8) is 0 Å². The van der Waals surface area contributed by atoms with Crippen molar-refractivity contribution in [2.24, 2.45) is 11.8 Å². The molecule has 1 atom stereocenters. The van der Waals surface area contributed by atoms with Gasteiger partial charge in [0, 0.05) is 12.5 Å². The number of hydrogen-bond donors (Lipinski definition) is 2. The van der Waals surface area contributed by atoms with E-state index in [9.17, 15) is 5.11 Å². The molecule has 0 saturated heterocycles. The van der Waals surface area contributed by atoms with E-state index in [1.807, 2.05) is 30.3 Å². The van der Waals surface area contributed by atoms with Gasteiger partial charge in [0.1, 0.15) is 0 Å². The molecule has 3 nitrogen and oxygen atoms in total. The number of aliphatic hydroxyl groups excluding tert-OH is 2. The van der Waals surface area contributed by atoms with E-state index in [4.69, 9.17) is 9.84 Å². The molecule has 3 heteroatoms. The minimum atomic E-state index is -0.676. The smallest absolute Gasteiger partial charge is 0.157 e. The zero-order valence-electron chi connectivity index (χ0n) is 10.7. The van der Waals surface area contributed by atoms with Crippen LogP contribution in [0.25, 0.3) is 0 Å². The molecule has 18 heavy (non-hydrogen) atoms. The second-order valence-electron chi connectivity index (χ2n) is 5.15. The molecule has 0 bridgehead atoms. The highest BCUT2D eigenvalue weighted by atomic mass is 16.6. The third kappa shape index (κ3) is 3.80. The first-order chi connectivity index (χ1) is 8.79. The Morgan fingerprint density at radius 3 is 2.39 bits per heavy atom. The van der Waals surface area contributed by atoms with Gasteiger partial charge in [-0.15, -0.1) is 0 Å². The monoisotopic (exact) mass is 250 g/mol. The van der Waals surface area contributed by atoms with Gasteiger partial charge in [-0.1, -0.05) is 30.3 Å². The van der Waals surface area contributed by atoms with Crippen LogP contribution in [-0.4, -0.2) is 23.1 Å². The quantitative estimate of drug-likeness (QED) is 0.788. The number of benzene rings is 1. The van der Waals surface area contributed by atoms with Crippen LogP contribution in [0.4, 0.5) is 0 Å². The Hall–Kier alpha value is -0.900. The van der Waals surface area contributed by atoms with Crippen molar-refractivity contribution in [2.75, 3.05) is 6.61 Å². The fourth-order valence-corrected chi connectivity index (χ4v) is 2.55. The zero-order valence-corrected chi connectivity index (χ0v) is 10.7. The van der Waals surface area contributed by atoms with Gasteiger partial charge in [0.05, 0.1) is 6.61 Å². The first kappa shape index (κ1) is 13.5. The molecule has 1 aromatic carbocycles. The normalized spacial score (nSPS) is 25.9. The molecular formula is C15H22O3. The maximum Gasteiger partial charge on any atom is 0.157 e. The Kier molecular flexibility index (Phi) is 5.17. The molecule has 100 valence electrons. The molecule has 2 rings (SSSR count). The van der Waals surface area contributed by atoms with Gasteiger partial charge in [-0.3, -0.25) is 0 Å². The minimum Gasteiger partial charge on any atom is -0.396 e. The van der Waals surface area contributed by atoms with Gasteiger partial charge in [-0.05, 0) is 37.2 Å². The highest BCUT2D eigenvalue weighted by Gasteiger charge is 2.26. The van der Waals surface area contributed by atoms with Crippen molar-refractivity contribution in [3.8, 4) is 0 Å². The minimum absolute atomic E-state index is 0.219. The lowest BCUT2D eigenvalue weighted by Crippen LogP contribution is -2.28. The Balaban J connectivity index is 1.73. The molecule has 1 aliphatic carbocycles. The summed E-state index contributed by atoms with van der Waals surface area (Å²) >= 11 is 0. The number of aliphatic hydroxyl groups is 2. The number of ether oxygens (including phenoxy) is 1. The molecular weight excluding hydrogens is 228 g/mol. The van der Waals surface area contributed by atoms with Crippen molar-refractivity contribution in [1.29, 1.82) is 0 Å². The van der Waals surface area contributed by atoms with Crippen molar-refractivity contribution >= 4 is 0 Å². The van der Waals surface area contributed by atoms with Gasteiger partial charge in [0.2, 0.25) is 0 Å². The SMILES string of the molecule is OCC1CCC(C(O)OCc2ccccc2)CC1. The van der Waals surface area contributed by atoms with E-state index in [1.54, 1.807) is 0 Å². The fraction of sp³-hybridized carbons (Fsp3) is 0.600. The lowest BCUT2D eigenvalue weighted by atomic mass is 9.82. The lowest BCUT2D eigenvalue weighted by Gasteiger charge is -2.30. The van der Waals surface area contributed by atoms with E-state index < -0.39 is 6.29 Å². The maximum atomic E-state index is 10.0. The van der Waals surface area contributed by atoms with Gasteiger partial charge in [0.15, 0.2) is 6.29 Å². The van der Waals surface area contributed by atoms with Crippen LogP contribution in [0.1, 0.15) is 31.2 Å². The fourth-order valence-electron chi connectivity index (χ4n) is 2.55. The summed E-state index contributed by atoms with van der Waals surface area (Å²) < 4.78 is 5.53. The van der Waals surface area contributed by atoms with Crippen LogP contribution in [0.2, 0.25) is 0 Å². The summed E-state index contributed by atoms with van der Waals surface area (Å²) in [5.74, 6) is 0.638. The van der Waals surface area contributed by atoms with E-state index in [1.165, 1.54) is 0 Å². The van der Waals surface area contributed by atoms with Crippen LogP contribution in [0.15, 0.2) is 30.3 Å². The summed E-state index contributed by atoms with van der Waals surface area (Å²) in [6.07, 6.45) is 3.20. The van der Waals surface area contributed by atoms with E-state index >= 15 is 0 Å². The molecule has 0 aromatic heterocycles. The third-order valence-electron chi connectivity index (χ3n) is 3.82. The molecule has 1 unspecified atom stereocenters. The van der Waals surface area contributed by atoms with Crippen molar-refractivity contribution in [1.82, 2.24) is 0 Å². The number of rotatable bonds is 5. The molecule has 1 aliphatic rings. The predicted molar refractivity (Wildman–Crippen MR) is 69.8 cm³/mol. The summed E-state index contributed by atoms with van der Waals surface area (Å²) in [7, 11) is 0. The van der Waals surface area contributed by atoms with Gasteiger partial charge < -0.3 is 14.9 Å². The molecule has 0 aliphatic heterocycles. The van der Waals surface area contributed by atoms with E-state index in [0.717, 1.165) is 31.2 Å². The Bertz CT molecular complexity index is 331. The Morgan fingerprint density at radius 2 is 1.78 bits per heavy atom. The predicted octanol–water partition coefficient (Wildman–Crippen LogP) is 2.32. The maximum absolute atomic E-state index is 10.0. The molecule has 0 spiro atoms. The molecule has 1 saturated carbocycles. The van der Waals surface area contributed by atoms with E-state index in [-0.39, 0.29) is 12.5 Å². The van der Waals surface area contributed by atoms with E-state index in [2.05, 4.69) is 0 Å². The number of hydrogen-bond acceptors (Lipinski definition) is 3. The van der Waals surface area contributed by atoms with Crippen LogP contribution < -0.4 is 0 Å². The average Bonchev–Trinajstić information content (AvgIpc) is 2.46. The van der Waals surface area contributed by atoms with Crippen LogP contribution in [-0.2, 0) is 11.3 Å². The zero-order chi connectivity index (χ0) is 12.8. The Morgan fingerprint density at radius 1 is 1.11 bits per heavy atom. The molecule has 1 aromatic rings. The van der Waals surface area contributed by atoms with E-state index in [0.29, 0.717) is 12.5 Å². The standard InChI is InChI=1S/C15H22O3/c16-10-12-6-8-14(9-7-12)15(17)18-11-13-4-2-1-3-5-13/h1-5,12,14-17H,6-11H2. The highest BCUT2D eigenvalue weighted by molar-refractivity contribution is 5.13. The summed E-state index contributed by atoms with van der Waals surface area (Å²) in [5.41, 5.74) is 1.08. The first-order valence-corrected chi connectivity index (χ1v) is 6.74. The summed E-state index contributed by atoms with van der Waals surface area (Å²) in [6.45, 7) is 0.732. The van der Waals surface area contributed by atoms with Gasteiger partial charge in [-0.2, -0.15) is 0 Å². The van der Waals surface area contributed by atoms with Crippen LogP contribution in [0.5, 0.6) is 0 Å². The Labute approximate surface area is 108 Å². The van der Waals surface area contributed by atoms with Crippen molar-refractivity contribution in [3.05, 3.63) is 35.9 Å². The van der Waals surface area contributed by atoms with Crippen LogP contribution in [0.3, 0.4) is 0 Å². The second-order valence-corrected chi connectivity index (χ2v) is 5.15. The van der Waals surface area contributed by atoms with Crippen LogP contribution in [0, 0.1) is 11.8 Å². The second kappa shape index (κ2) is 6.88. The summed E-state index contributed by atoms with van der Waals surface area (Å²) in [5, 5.41) is 19.1. The van der Waals surface area contributed by atoms with Crippen LogP contribution >= 0.6 is 0 Å². The first-order valence-electron chi connectivity index (χ1n) is 6.74. The van der Waals surface area contributed by atoms with Gasteiger partial charge in [0.25, 0.3) is 0 Å². The third-order valence-corrected chi connectivity index (χ3v) is 3.82. The summed E-state index contributed by atoms with van der Waals surface area (Å²) in [4.78, 5) is 0. The molecule has 2 N–H and O–H groups in total. The molecule has 1 fully saturated rings. The highest BCUT2D eigenvalue weighted by Crippen LogP contribution is 2.31. The molecule has 0 heterocycles. The largest absolute Gasteiger partial charge is 0.396 e. The van der Waals surface area contributed by atoms with Gasteiger partial charge in [-0.25, -0.2) is 0 Å². The average molecular weight is 250 g/mol. The van der Waals surface area contributed by atoms with Gasteiger partial charge >= 0.3 is 0 Å². The van der Waals surface area contributed by atoms with Crippen molar-refractivity contribution in [2.45, 2.75) is 38.6 Å².